The Morgan fingerprint density at radius 2 is 1.85 bits per heavy atom. The van der Waals surface area contributed by atoms with Crippen LogP contribution in [0.4, 0.5) is 14.5 Å². The van der Waals surface area contributed by atoms with E-state index >= 15 is 0 Å². The monoisotopic (exact) mass is 361 g/mol. The van der Waals surface area contributed by atoms with E-state index in [0.29, 0.717) is 23.4 Å². The van der Waals surface area contributed by atoms with Crippen LogP contribution in [0.15, 0.2) is 42.5 Å². The minimum atomic E-state index is -1.07. The highest BCUT2D eigenvalue weighted by Gasteiger charge is 2.45. The van der Waals surface area contributed by atoms with Crippen LogP contribution in [0.25, 0.3) is 0 Å². The SMILES string of the molecule is CN(C(=O)C1CC1c1ccc(F)c(F)c1)c1ccc(OCC(=O)O)cc1. The Kier molecular flexibility index (Phi) is 4.88. The zero-order valence-corrected chi connectivity index (χ0v) is 14.0. The molecule has 2 atom stereocenters. The van der Waals surface area contributed by atoms with E-state index < -0.39 is 24.2 Å². The first-order valence-corrected chi connectivity index (χ1v) is 8.04. The molecule has 0 aliphatic heterocycles. The van der Waals surface area contributed by atoms with E-state index in [1.807, 2.05) is 0 Å². The molecule has 2 unspecified atom stereocenters. The molecule has 1 N–H and O–H groups in total. The van der Waals surface area contributed by atoms with Gasteiger partial charge in [-0.25, -0.2) is 13.6 Å². The first kappa shape index (κ1) is 17.8. The molecule has 1 fully saturated rings. The summed E-state index contributed by atoms with van der Waals surface area (Å²) in [5.41, 5.74) is 1.25. The van der Waals surface area contributed by atoms with Crippen LogP contribution in [0.5, 0.6) is 5.75 Å². The lowest BCUT2D eigenvalue weighted by atomic mass is 10.1. The maximum Gasteiger partial charge on any atom is 0.341 e. The highest BCUT2D eigenvalue weighted by Crippen LogP contribution is 2.49. The summed E-state index contributed by atoms with van der Waals surface area (Å²) < 4.78 is 31.4. The number of rotatable bonds is 6. The fourth-order valence-electron chi connectivity index (χ4n) is 2.87. The predicted molar refractivity (Wildman–Crippen MR) is 90.2 cm³/mol. The number of carbonyl (C=O) groups excluding carboxylic acids is 1. The van der Waals surface area contributed by atoms with Gasteiger partial charge in [0.1, 0.15) is 5.75 Å². The molecule has 0 heterocycles. The molecule has 1 aliphatic rings. The van der Waals surface area contributed by atoms with Gasteiger partial charge in [-0.15, -0.1) is 0 Å². The number of anilines is 1. The van der Waals surface area contributed by atoms with Crippen LogP contribution < -0.4 is 9.64 Å². The molecule has 1 amide bonds. The van der Waals surface area contributed by atoms with E-state index in [1.165, 1.54) is 11.0 Å². The molecule has 136 valence electrons. The van der Waals surface area contributed by atoms with Gasteiger partial charge >= 0.3 is 5.97 Å². The highest BCUT2D eigenvalue weighted by atomic mass is 19.2. The number of carbonyl (C=O) groups is 2. The number of hydrogen-bond donors (Lipinski definition) is 1. The van der Waals surface area contributed by atoms with Crippen molar-refractivity contribution in [2.75, 3.05) is 18.6 Å². The molecule has 0 radical (unpaired) electrons. The summed E-state index contributed by atoms with van der Waals surface area (Å²) in [5.74, 6) is -2.99. The second-order valence-corrected chi connectivity index (χ2v) is 6.20. The van der Waals surface area contributed by atoms with Crippen molar-refractivity contribution in [2.45, 2.75) is 12.3 Å². The van der Waals surface area contributed by atoms with Gasteiger partial charge in [-0.1, -0.05) is 6.07 Å². The van der Waals surface area contributed by atoms with Crippen LogP contribution >= 0.6 is 0 Å². The van der Waals surface area contributed by atoms with E-state index in [1.54, 1.807) is 31.3 Å². The van der Waals surface area contributed by atoms with Gasteiger partial charge in [-0.2, -0.15) is 0 Å². The molecular weight excluding hydrogens is 344 g/mol. The van der Waals surface area contributed by atoms with Gasteiger partial charge in [0.15, 0.2) is 18.2 Å². The van der Waals surface area contributed by atoms with Crippen LogP contribution in [0.1, 0.15) is 17.9 Å². The summed E-state index contributed by atoms with van der Waals surface area (Å²) in [6.45, 7) is -0.438. The number of hydrogen-bond acceptors (Lipinski definition) is 3. The number of benzene rings is 2. The van der Waals surface area contributed by atoms with E-state index in [2.05, 4.69) is 0 Å². The fraction of sp³-hybridized carbons (Fsp3) is 0.263. The third kappa shape index (κ3) is 3.82. The number of nitrogens with zero attached hydrogens (tertiary/aromatic N) is 1. The molecule has 1 saturated carbocycles. The number of halogens is 2. The predicted octanol–water partition coefficient (Wildman–Crippen LogP) is 3.19. The zero-order chi connectivity index (χ0) is 18.8. The van der Waals surface area contributed by atoms with Crippen LogP contribution in [0, 0.1) is 17.6 Å². The van der Waals surface area contributed by atoms with E-state index in [-0.39, 0.29) is 17.7 Å². The second kappa shape index (κ2) is 7.11. The van der Waals surface area contributed by atoms with Crippen molar-refractivity contribution in [3.05, 3.63) is 59.7 Å². The molecule has 2 aromatic carbocycles. The molecular formula is C19H17F2NO4. The smallest absolute Gasteiger partial charge is 0.341 e. The Morgan fingerprint density at radius 1 is 1.15 bits per heavy atom. The molecule has 0 aromatic heterocycles. The number of ether oxygens (including phenoxy) is 1. The molecule has 26 heavy (non-hydrogen) atoms. The lowest BCUT2D eigenvalue weighted by Gasteiger charge is -2.18. The maximum atomic E-state index is 13.4. The lowest BCUT2D eigenvalue weighted by Crippen LogP contribution is -2.28. The van der Waals surface area contributed by atoms with Crippen molar-refractivity contribution in [1.29, 1.82) is 0 Å². The van der Waals surface area contributed by atoms with E-state index in [9.17, 15) is 18.4 Å². The minimum absolute atomic E-state index is 0.112. The molecule has 0 saturated heterocycles. The van der Waals surface area contributed by atoms with Gasteiger partial charge in [0.05, 0.1) is 0 Å². The topological polar surface area (TPSA) is 66.8 Å². The van der Waals surface area contributed by atoms with Crippen molar-refractivity contribution in [3.63, 3.8) is 0 Å². The second-order valence-electron chi connectivity index (χ2n) is 6.20. The average molecular weight is 361 g/mol. The van der Waals surface area contributed by atoms with Crippen molar-refractivity contribution in [2.24, 2.45) is 5.92 Å². The highest BCUT2D eigenvalue weighted by molar-refractivity contribution is 5.97. The Balaban J connectivity index is 1.63. The van der Waals surface area contributed by atoms with Crippen molar-refractivity contribution < 1.29 is 28.2 Å². The number of carboxylic acid groups (broad SMARTS) is 1. The van der Waals surface area contributed by atoms with Crippen molar-refractivity contribution >= 4 is 17.6 Å². The normalized spacial score (nSPS) is 18.3. The average Bonchev–Trinajstić information content (AvgIpc) is 3.42. The molecule has 1 aliphatic carbocycles. The minimum Gasteiger partial charge on any atom is -0.482 e. The summed E-state index contributed by atoms with van der Waals surface area (Å²) in [6, 6.07) is 10.2. The van der Waals surface area contributed by atoms with Crippen LogP contribution in [-0.2, 0) is 9.59 Å². The van der Waals surface area contributed by atoms with Crippen LogP contribution in [0.3, 0.4) is 0 Å². The molecule has 3 rings (SSSR count). The van der Waals surface area contributed by atoms with E-state index in [0.717, 1.165) is 12.1 Å². The Bertz CT molecular complexity index is 838. The largest absolute Gasteiger partial charge is 0.482 e. The number of carboxylic acids is 1. The van der Waals surface area contributed by atoms with Crippen molar-refractivity contribution in [1.82, 2.24) is 0 Å². The summed E-state index contributed by atoms with van der Waals surface area (Å²) in [4.78, 5) is 24.6. The quantitative estimate of drug-likeness (QED) is 0.858. The van der Waals surface area contributed by atoms with Crippen LogP contribution in [-0.4, -0.2) is 30.6 Å². The van der Waals surface area contributed by atoms with Gasteiger partial charge in [0.2, 0.25) is 5.91 Å². The fourth-order valence-corrected chi connectivity index (χ4v) is 2.87. The van der Waals surface area contributed by atoms with Gasteiger partial charge in [-0.3, -0.25) is 4.79 Å². The van der Waals surface area contributed by atoms with Gasteiger partial charge in [0, 0.05) is 18.7 Å². The summed E-state index contributed by atoms with van der Waals surface area (Å²) in [7, 11) is 1.63. The lowest BCUT2D eigenvalue weighted by molar-refractivity contribution is -0.139. The summed E-state index contributed by atoms with van der Waals surface area (Å²) in [5, 5.41) is 8.59. The molecule has 7 heteroatoms. The first-order chi connectivity index (χ1) is 12.4. The number of amides is 1. The Hall–Kier alpha value is -2.96. The van der Waals surface area contributed by atoms with E-state index in [4.69, 9.17) is 9.84 Å². The van der Waals surface area contributed by atoms with Crippen molar-refractivity contribution in [3.8, 4) is 5.75 Å². The molecule has 2 aromatic rings. The third-order valence-electron chi connectivity index (χ3n) is 4.40. The molecule has 5 nitrogen and oxygen atoms in total. The number of aliphatic carboxylic acids is 1. The molecule has 0 bridgehead atoms. The Morgan fingerprint density at radius 3 is 2.46 bits per heavy atom. The first-order valence-electron chi connectivity index (χ1n) is 8.04. The standard InChI is InChI=1S/C19H17F2NO4/c1-22(12-3-5-13(6-4-12)26-10-18(23)24)19(25)15-9-14(15)11-2-7-16(20)17(21)8-11/h2-8,14-15H,9-10H2,1H3,(H,23,24). The Labute approximate surface area is 148 Å². The summed E-state index contributed by atoms with van der Waals surface area (Å²) in [6.07, 6.45) is 0.591. The maximum absolute atomic E-state index is 13.4. The zero-order valence-electron chi connectivity index (χ0n) is 14.0. The summed E-state index contributed by atoms with van der Waals surface area (Å²) >= 11 is 0. The third-order valence-corrected chi connectivity index (χ3v) is 4.40. The van der Waals surface area contributed by atoms with Gasteiger partial charge < -0.3 is 14.7 Å². The van der Waals surface area contributed by atoms with Crippen LogP contribution in [0.2, 0.25) is 0 Å². The van der Waals surface area contributed by atoms with Gasteiger partial charge in [0.25, 0.3) is 0 Å². The molecule has 0 spiro atoms. The van der Waals surface area contributed by atoms with Gasteiger partial charge in [-0.05, 0) is 54.3 Å².